The van der Waals surface area contributed by atoms with Crippen LogP contribution in [0.5, 0.6) is 0 Å². The van der Waals surface area contributed by atoms with Gasteiger partial charge in [-0.3, -0.25) is 14.6 Å². The summed E-state index contributed by atoms with van der Waals surface area (Å²) in [5, 5.41) is 6.09. The SMILES string of the molecule is CC1=C(C(=O)Nc2ccc(F)cc2)[C@@H](c2cccnc2)C2=C(CCCC2=O)N1. The standard InChI is InChI=1S/C22H20FN3O2/c1-13-19(22(28)26-16-9-7-15(23)8-10-16)20(14-4-3-11-24-12-14)21-17(25-13)5-2-6-18(21)27/h3-4,7-12,20,25H,2,5-6H2,1H3,(H,26,28)/t20-/m1/s1. The van der Waals surface area contributed by atoms with Gasteiger partial charge in [-0.1, -0.05) is 6.07 Å². The fraction of sp³-hybridized carbons (Fsp3) is 0.227. The first-order chi connectivity index (χ1) is 13.5. The summed E-state index contributed by atoms with van der Waals surface area (Å²) in [5.74, 6) is -1.11. The maximum atomic E-state index is 13.2. The second kappa shape index (κ2) is 7.38. The van der Waals surface area contributed by atoms with E-state index in [2.05, 4.69) is 15.6 Å². The van der Waals surface area contributed by atoms with Crippen molar-refractivity contribution in [1.29, 1.82) is 0 Å². The van der Waals surface area contributed by atoms with Crippen molar-refractivity contribution in [3.63, 3.8) is 0 Å². The molecule has 0 saturated carbocycles. The Bertz CT molecular complexity index is 994. The third-order valence-electron chi connectivity index (χ3n) is 5.14. The number of nitrogens with zero attached hydrogens (tertiary/aromatic N) is 1. The monoisotopic (exact) mass is 377 g/mol. The van der Waals surface area contributed by atoms with E-state index in [1.807, 2.05) is 13.0 Å². The van der Waals surface area contributed by atoms with Gasteiger partial charge in [-0.05, 0) is 55.7 Å². The number of carbonyl (C=O) groups excluding carboxylic acids is 2. The number of rotatable bonds is 3. The number of carbonyl (C=O) groups is 2. The average Bonchev–Trinajstić information content (AvgIpc) is 2.69. The molecule has 142 valence electrons. The van der Waals surface area contributed by atoms with Crippen molar-refractivity contribution < 1.29 is 14.0 Å². The van der Waals surface area contributed by atoms with Crippen LogP contribution in [0, 0.1) is 5.82 Å². The lowest BCUT2D eigenvalue weighted by molar-refractivity contribution is -0.116. The van der Waals surface area contributed by atoms with E-state index >= 15 is 0 Å². The molecule has 1 aliphatic carbocycles. The number of aromatic nitrogens is 1. The van der Waals surface area contributed by atoms with Crippen molar-refractivity contribution in [2.75, 3.05) is 5.32 Å². The fourth-order valence-electron chi connectivity index (χ4n) is 3.90. The summed E-state index contributed by atoms with van der Waals surface area (Å²) >= 11 is 0. The minimum absolute atomic E-state index is 0.0576. The first-order valence-electron chi connectivity index (χ1n) is 9.25. The number of benzene rings is 1. The Labute approximate surface area is 162 Å². The number of amides is 1. The molecule has 0 saturated heterocycles. The Morgan fingerprint density at radius 2 is 2.00 bits per heavy atom. The molecule has 6 heteroatoms. The average molecular weight is 377 g/mol. The Morgan fingerprint density at radius 3 is 2.71 bits per heavy atom. The second-order valence-electron chi connectivity index (χ2n) is 7.01. The molecule has 28 heavy (non-hydrogen) atoms. The molecule has 2 aromatic rings. The second-order valence-corrected chi connectivity index (χ2v) is 7.01. The topological polar surface area (TPSA) is 71.1 Å². The highest BCUT2D eigenvalue weighted by Crippen LogP contribution is 2.42. The van der Waals surface area contributed by atoms with E-state index in [9.17, 15) is 14.0 Å². The molecule has 0 fully saturated rings. The molecule has 2 heterocycles. The van der Waals surface area contributed by atoms with Gasteiger partial charge in [0, 0.05) is 53.0 Å². The van der Waals surface area contributed by atoms with Crippen LogP contribution in [-0.4, -0.2) is 16.7 Å². The van der Waals surface area contributed by atoms with Gasteiger partial charge in [-0.15, -0.1) is 0 Å². The van der Waals surface area contributed by atoms with Crippen molar-refractivity contribution in [2.45, 2.75) is 32.1 Å². The Kier molecular flexibility index (Phi) is 4.77. The number of allylic oxidation sites excluding steroid dienone is 3. The highest BCUT2D eigenvalue weighted by molar-refractivity contribution is 6.09. The van der Waals surface area contributed by atoms with Crippen molar-refractivity contribution in [3.8, 4) is 0 Å². The highest BCUT2D eigenvalue weighted by Gasteiger charge is 2.38. The lowest BCUT2D eigenvalue weighted by Crippen LogP contribution is -2.35. The van der Waals surface area contributed by atoms with Crippen LogP contribution >= 0.6 is 0 Å². The molecule has 0 unspecified atom stereocenters. The van der Waals surface area contributed by atoms with Crippen LogP contribution in [0.2, 0.25) is 0 Å². The van der Waals surface area contributed by atoms with E-state index in [1.54, 1.807) is 18.5 Å². The van der Waals surface area contributed by atoms with Gasteiger partial charge in [-0.25, -0.2) is 4.39 Å². The number of dihydropyridines is 1. The summed E-state index contributed by atoms with van der Waals surface area (Å²) in [7, 11) is 0. The zero-order valence-corrected chi connectivity index (χ0v) is 15.5. The molecule has 1 amide bonds. The molecular formula is C22H20FN3O2. The summed E-state index contributed by atoms with van der Waals surface area (Å²) in [6, 6.07) is 9.28. The predicted octanol–water partition coefficient (Wildman–Crippen LogP) is 3.83. The van der Waals surface area contributed by atoms with E-state index < -0.39 is 5.92 Å². The van der Waals surface area contributed by atoms with E-state index in [1.165, 1.54) is 24.3 Å². The first kappa shape index (κ1) is 18.1. The van der Waals surface area contributed by atoms with E-state index in [0.29, 0.717) is 29.0 Å². The van der Waals surface area contributed by atoms with Crippen molar-refractivity contribution in [1.82, 2.24) is 10.3 Å². The zero-order valence-electron chi connectivity index (χ0n) is 15.5. The summed E-state index contributed by atoms with van der Waals surface area (Å²) in [5.41, 5.74) is 4.02. The number of Topliss-reactive ketones (excluding diaryl/α,β-unsaturated/α-hetero) is 1. The number of anilines is 1. The highest BCUT2D eigenvalue weighted by atomic mass is 19.1. The molecule has 1 aromatic carbocycles. The van der Waals surface area contributed by atoms with Crippen LogP contribution in [-0.2, 0) is 9.59 Å². The summed E-state index contributed by atoms with van der Waals surface area (Å²) in [4.78, 5) is 30.1. The molecule has 4 rings (SSSR count). The van der Waals surface area contributed by atoms with Gasteiger partial charge in [0.15, 0.2) is 5.78 Å². The molecule has 5 nitrogen and oxygen atoms in total. The third-order valence-corrected chi connectivity index (χ3v) is 5.14. The summed E-state index contributed by atoms with van der Waals surface area (Å²) in [6.45, 7) is 1.84. The summed E-state index contributed by atoms with van der Waals surface area (Å²) < 4.78 is 13.2. The molecule has 1 aromatic heterocycles. The van der Waals surface area contributed by atoms with Crippen LogP contribution in [0.4, 0.5) is 10.1 Å². The van der Waals surface area contributed by atoms with Crippen LogP contribution in [0.25, 0.3) is 0 Å². The van der Waals surface area contributed by atoms with E-state index in [-0.39, 0.29) is 17.5 Å². The molecule has 1 aliphatic heterocycles. The maximum absolute atomic E-state index is 13.2. The minimum Gasteiger partial charge on any atom is -0.362 e. The van der Waals surface area contributed by atoms with Gasteiger partial charge >= 0.3 is 0 Å². The molecule has 0 radical (unpaired) electrons. The van der Waals surface area contributed by atoms with E-state index in [4.69, 9.17) is 0 Å². The largest absolute Gasteiger partial charge is 0.362 e. The minimum atomic E-state index is -0.474. The molecule has 0 bridgehead atoms. The van der Waals surface area contributed by atoms with Gasteiger partial charge in [-0.2, -0.15) is 0 Å². The quantitative estimate of drug-likeness (QED) is 0.853. The molecule has 1 atom stereocenters. The van der Waals surface area contributed by atoms with Crippen molar-refractivity contribution in [3.05, 3.63) is 82.7 Å². The van der Waals surface area contributed by atoms with Gasteiger partial charge in [0.1, 0.15) is 5.82 Å². The smallest absolute Gasteiger partial charge is 0.254 e. The number of pyridine rings is 1. The van der Waals surface area contributed by atoms with Gasteiger partial charge in [0.25, 0.3) is 5.91 Å². The normalized spacial score (nSPS) is 19.2. The lowest BCUT2D eigenvalue weighted by Gasteiger charge is -2.34. The Hall–Kier alpha value is -3.28. The van der Waals surface area contributed by atoms with Crippen LogP contribution in [0.1, 0.15) is 37.7 Å². The Morgan fingerprint density at radius 1 is 1.21 bits per heavy atom. The van der Waals surface area contributed by atoms with Crippen LogP contribution in [0.3, 0.4) is 0 Å². The zero-order chi connectivity index (χ0) is 19.7. The van der Waals surface area contributed by atoms with Crippen molar-refractivity contribution >= 4 is 17.4 Å². The third kappa shape index (κ3) is 3.33. The van der Waals surface area contributed by atoms with Gasteiger partial charge < -0.3 is 10.6 Å². The molecule has 0 spiro atoms. The first-order valence-corrected chi connectivity index (χ1v) is 9.25. The lowest BCUT2D eigenvalue weighted by atomic mass is 9.75. The van der Waals surface area contributed by atoms with Crippen LogP contribution < -0.4 is 10.6 Å². The number of hydrogen-bond acceptors (Lipinski definition) is 4. The molecule has 2 N–H and O–H groups in total. The maximum Gasteiger partial charge on any atom is 0.254 e. The predicted molar refractivity (Wildman–Crippen MR) is 104 cm³/mol. The number of halogens is 1. The number of hydrogen-bond donors (Lipinski definition) is 2. The van der Waals surface area contributed by atoms with Gasteiger partial charge in [0.05, 0.1) is 0 Å². The van der Waals surface area contributed by atoms with Crippen molar-refractivity contribution in [2.24, 2.45) is 0 Å². The molecule has 2 aliphatic rings. The number of ketones is 1. The summed E-state index contributed by atoms with van der Waals surface area (Å²) in [6.07, 6.45) is 5.42. The number of nitrogens with one attached hydrogen (secondary N) is 2. The Balaban J connectivity index is 1.76. The molecular weight excluding hydrogens is 357 g/mol. The van der Waals surface area contributed by atoms with Crippen LogP contribution in [0.15, 0.2) is 71.3 Å². The van der Waals surface area contributed by atoms with E-state index in [0.717, 1.165) is 24.1 Å². The fourth-order valence-corrected chi connectivity index (χ4v) is 3.90. The van der Waals surface area contributed by atoms with Gasteiger partial charge in [0.2, 0.25) is 0 Å².